The minimum Gasteiger partial charge on any atom is -0.493 e. The highest BCUT2D eigenvalue weighted by Crippen LogP contribution is 2.33. The van der Waals surface area contributed by atoms with Crippen molar-refractivity contribution in [2.75, 3.05) is 19.5 Å². The van der Waals surface area contributed by atoms with Gasteiger partial charge in [0.2, 0.25) is 5.91 Å². The SMILES string of the molecule is COc1cccc(CCC(=O)Nc2cc(Cl)ccc2Oc2ccccc2)c1OC. The van der Waals surface area contributed by atoms with Crippen molar-refractivity contribution in [1.82, 2.24) is 0 Å². The number of hydrogen-bond donors (Lipinski definition) is 1. The third-order valence-corrected chi connectivity index (χ3v) is 4.53. The Morgan fingerprint density at radius 1 is 0.931 bits per heavy atom. The molecular formula is C23H22ClNO4. The van der Waals surface area contributed by atoms with Gasteiger partial charge in [-0.25, -0.2) is 0 Å². The summed E-state index contributed by atoms with van der Waals surface area (Å²) in [6, 6.07) is 20.1. The molecule has 3 rings (SSSR count). The van der Waals surface area contributed by atoms with E-state index in [-0.39, 0.29) is 12.3 Å². The van der Waals surface area contributed by atoms with Gasteiger partial charge < -0.3 is 19.5 Å². The van der Waals surface area contributed by atoms with E-state index < -0.39 is 0 Å². The Hall–Kier alpha value is -3.18. The third kappa shape index (κ3) is 5.42. The highest BCUT2D eigenvalue weighted by molar-refractivity contribution is 6.31. The van der Waals surface area contributed by atoms with E-state index in [1.807, 2.05) is 48.5 Å². The Kier molecular flexibility index (Phi) is 6.98. The molecule has 0 spiro atoms. The number of halogens is 1. The Balaban J connectivity index is 1.70. The van der Waals surface area contributed by atoms with Crippen LogP contribution in [0.3, 0.4) is 0 Å². The van der Waals surface area contributed by atoms with Gasteiger partial charge in [-0.2, -0.15) is 0 Å². The van der Waals surface area contributed by atoms with Crippen molar-refractivity contribution in [3.05, 3.63) is 77.3 Å². The van der Waals surface area contributed by atoms with Crippen LogP contribution in [-0.2, 0) is 11.2 Å². The van der Waals surface area contributed by atoms with Gasteiger partial charge in [-0.3, -0.25) is 4.79 Å². The molecule has 0 atom stereocenters. The molecule has 0 aliphatic carbocycles. The van der Waals surface area contributed by atoms with Gasteiger partial charge in [0, 0.05) is 11.4 Å². The fourth-order valence-electron chi connectivity index (χ4n) is 2.92. The number of amides is 1. The standard InChI is InChI=1S/C23H22ClNO4/c1-27-21-10-6-7-16(23(21)28-2)11-14-22(26)25-19-15-17(24)12-13-20(19)29-18-8-4-3-5-9-18/h3-10,12-13,15H,11,14H2,1-2H3,(H,25,26). The van der Waals surface area contributed by atoms with Crippen molar-refractivity contribution in [2.24, 2.45) is 0 Å². The van der Waals surface area contributed by atoms with Crippen LogP contribution in [0.5, 0.6) is 23.0 Å². The average molecular weight is 412 g/mol. The number of nitrogens with one attached hydrogen (secondary N) is 1. The summed E-state index contributed by atoms with van der Waals surface area (Å²) in [5, 5.41) is 3.40. The van der Waals surface area contributed by atoms with Crippen molar-refractivity contribution in [2.45, 2.75) is 12.8 Å². The molecule has 0 unspecified atom stereocenters. The first-order valence-electron chi connectivity index (χ1n) is 9.13. The summed E-state index contributed by atoms with van der Waals surface area (Å²) in [4.78, 5) is 12.6. The van der Waals surface area contributed by atoms with Crippen LogP contribution in [0.15, 0.2) is 66.7 Å². The number of carbonyl (C=O) groups is 1. The quantitative estimate of drug-likeness (QED) is 0.515. The lowest BCUT2D eigenvalue weighted by molar-refractivity contribution is -0.116. The van der Waals surface area contributed by atoms with E-state index in [9.17, 15) is 4.79 Å². The molecule has 0 fully saturated rings. The highest BCUT2D eigenvalue weighted by atomic mass is 35.5. The summed E-state index contributed by atoms with van der Waals surface area (Å²) in [6.07, 6.45) is 0.766. The van der Waals surface area contributed by atoms with Crippen molar-refractivity contribution in [3.8, 4) is 23.0 Å². The summed E-state index contributed by atoms with van der Waals surface area (Å²) in [7, 11) is 3.17. The normalized spacial score (nSPS) is 10.3. The number of aryl methyl sites for hydroxylation is 1. The van der Waals surface area contributed by atoms with Gasteiger partial charge in [-0.15, -0.1) is 0 Å². The molecule has 1 amide bonds. The minimum atomic E-state index is -0.157. The second-order valence-electron chi connectivity index (χ2n) is 6.26. The van der Waals surface area contributed by atoms with Gasteiger partial charge in [0.25, 0.3) is 0 Å². The van der Waals surface area contributed by atoms with Crippen LogP contribution < -0.4 is 19.5 Å². The first-order valence-corrected chi connectivity index (χ1v) is 9.50. The first-order chi connectivity index (χ1) is 14.1. The molecule has 1 N–H and O–H groups in total. The smallest absolute Gasteiger partial charge is 0.224 e. The molecule has 5 nitrogen and oxygen atoms in total. The van der Waals surface area contributed by atoms with E-state index in [1.54, 1.807) is 32.4 Å². The van der Waals surface area contributed by atoms with Gasteiger partial charge >= 0.3 is 0 Å². The zero-order chi connectivity index (χ0) is 20.6. The number of benzene rings is 3. The molecule has 0 saturated heterocycles. The maximum absolute atomic E-state index is 12.6. The monoisotopic (exact) mass is 411 g/mol. The number of methoxy groups -OCH3 is 2. The topological polar surface area (TPSA) is 56.8 Å². The predicted octanol–water partition coefficient (Wildman–Crippen LogP) is 5.72. The van der Waals surface area contributed by atoms with Crippen LogP contribution in [0.4, 0.5) is 5.69 Å². The summed E-state index contributed by atoms with van der Waals surface area (Å²) in [5.74, 6) is 2.31. The van der Waals surface area contributed by atoms with Gasteiger partial charge in [-0.1, -0.05) is 41.9 Å². The van der Waals surface area contributed by atoms with Gasteiger partial charge in [-0.05, 0) is 48.4 Å². The van der Waals surface area contributed by atoms with E-state index >= 15 is 0 Å². The lowest BCUT2D eigenvalue weighted by Gasteiger charge is -2.14. The van der Waals surface area contributed by atoms with Crippen molar-refractivity contribution in [1.29, 1.82) is 0 Å². The minimum absolute atomic E-state index is 0.157. The highest BCUT2D eigenvalue weighted by Gasteiger charge is 2.13. The van der Waals surface area contributed by atoms with E-state index in [0.717, 1.165) is 5.56 Å². The molecular weight excluding hydrogens is 390 g/mol. The molecule has 0 bridgehead atoms. The maximum Gasteiger partial charge on any atom is 0.224 e. The first kappa shape index (κ1) is 20.6. The zero-order valence-electron chi connectivity index (χ0n) is 16.3. The van der Waals surface area contributed by atoms with Crippen LogP contribution >= 0.6 is 11.6 Å². The van der Waals surface area contributed by atoms with E-state index in [1.165, 1.54) is 0 Å². The number of carbonyl (C=O) groups excluding carboxylic acids is 1. The van der Waals surface area contributed by atoms with Crippen LogP contribution in [0.2, 0.25) is 5.02 Å². The molecule has 0 aliphatic rings. The molecule has 0 aliphatic heterocycles. The van der Waals surface area contributed by atoms with Crippen molar-refractivity contribution in [3.63, 3.8) is 0 Å². The lowest BCUT2D eigenvalue weighted by atomic mass is 10.1. The Morgan fingerprint density at radius 2 is 1.72 bits per heavy atom. The van der Waals surface area contributed by atoms with Crippen LogP contribution in [0.1, 0.15) is 12.0 Å². The van der Waals surface area contributed by atoms with Crippen LogP contribution in [0, 0.1) is 0 Å². The summed E-state index contributed by atoms with van der Waals surface area (Å²) >= 11 is 6.11. The Labute approximate surface area is 175 Å². The number of para-hydroxylation sites is 2. The third-order valence-electron chi connectivity index (χ3n) is 4.29. The molecule has 3 aromatic carbocycles. The molecule has 0 heterocycles. The summed E-state index contributed by atoms with van der Waals surface area (Å²) in [6.45, 7) is 0. The Bertz CT molecular complexity index is 976. The lowest BCUT2D eigenvalue weighted by Crippen LogP contribution is -2.13. The second kappa shape index (κ2) is 9.85. The number of hydrogen-bond acceptors (Lipinski definition) is 4. The zero-order valence-corrected chi connectivity index (χ0v) is 17.0. The molecule has 0 radical (unpaired) electrons. The number of rotatable bonds is 8. The summed E-state index contributed by atoms with van der Waals surface area (Å²) < 4.78 is 16.6. The van der Waals surface area contributed by atoms with Gasteiger partial charge in [0.15, 0.2) is 17.2 Å². The van der Waals surface area contributed by atoms with Crippen molar-refractivity contribution < 1.29 is 19.0 Å². The largest absolute Gasteiger partial charge is 0.493 e. The number of ether oxygens (including phenoxy) is 3. The average Bonchev–Trinajstić information content (AvgIpc) is 2.74. The molecule has 150 valence electrons. The van der Waals surface area contributed by atoms with E-state index in [4.69, 9.17) is 25.8 Å². The molecule has 3 aromatic rings. The predicted molar refractivity (Wildman–Crippen MR) is 114 cm³/mol. The van der Waals surface area contributed by atoms with Crippen molar-refractivity contribution >= 4 is 23.2 Å². The molecule has 29 heavy (non-hydrogen) atoms. The molecule has 0 saturated carbocycles. The van der Waals surface area contributed by atoms with Crippen LogP contribution in [0.25, 0.3) is 0 Å². The Morgan fingerprint density at radius 3 is 2.45 bits per heavy atom. The maximum atomic E-state index is 12.6. The van der Waals surface area contributed by atoms with E-state index in [0.29, 0.717) is 40.1 Å². The molecule has 6 heteroatoms. The summed E-state index contributed by atoms with van der Waals surface area (Å²) in [5.41, 5.74) is 1.41. The fraction of sp³-hybridized carbons (Fsp3) is 0.174. The second-order valence-corrected chi connectivity index (χ2v) is 6.69. The number of anilines is 1. The van der Waals surface area contributed by atoms with E-state index in [2.05, 4.69) is 5.32 Å². The van der Waals surface area contributed by atoms with Crippen LogP contribution in [-0.4, -0.2) is 20.1 Å². The van der Waals surface area contributed by atoms with Gasteiger partial charge in [0.1, 0.15) is 5.75 Å². The van der Waals surface area contributed by atoms with Gasteiger partial charge in [0.05, 0.1) is 19.9 Å². The molecule has 0 aromatic heterocycles. The fourth-order valence-corrected chi connectivity index (χ4v) is 3.09.